The zero-order valence-electron chi connectivity index (χ0n) is 16.0. The molecule has 0 saturated carbocycles. The van der Waals surface area contributed by atoms with Crippen molar-refractivity contribution in [3.05, 3.63) is 29.3 Å². The van der Waals surface area contributed by atoms with Crippen LogP contribution in [0, 0.1) is 5.41 Å². The molecule has 0 aliphatic carbocycles. The molecule has 0 bridgehead atoms. The van der Waals surface area contributed by atoms with Crippen LogP contribution >= 0.6 is 0 Å². The summed E-state index contributed by atoms with van der Waals surface area (Å²) in [7, 11) is 1.75. The van der Waals surface area contributed by atoms with Crippen LogP contribution in [-0.4, -0.2) is 60.7 Å². The zero-order chi connectivity index (χ0) is 19.1. The number of hydrogen-bond donors (Lipinski definition) is 0. The molecule has 2 aliphatic heterocycles. The van der Waals surface area contributed by atoms with Crippen LogP contribution in [0.4, 0.5) is 5.69 Å². The first-order valence-corrected chi connectivity index (χ1v) is 9.12. The van der Waals surface area contributed by atoms with E-state index in [-0.39, 0.29) is 23.1 Å². The summed E-state index contributed by atoms with van der Waals surface area (Å²) < 4.78 is 0. The normalized spacial score (nSPS) is 17.5. The summed E-state index contributed by atoms with van der Waals surface area (Å²) in [6.45, 7) is 8.41. The number of hydrogen-bond acceptors (Lipinski definition) is 3. The fourth-order valence-corrected chi connectivity index (χ4v) is 3.51. The largest absolute Gasteiger partial charge is 0.339 e. The molecule has 140 valence electrons. The van der Waals surface area contributed by atoms with Gasteiger partial charge in [0.05, 0.1) is 6.42 Å². The number of benzene rings is 1. The fraction of sp³-hybridized carbons (Fsp3) is 0.550. The van der Waals surface area contributed by atoms with Gasteiger partial charge >= 0.3 is 0 Å². The molecule has 1 saturated heterocycles. The predicted molar refractivity (Wildman–Crippen MR) is 100 cm³/mol. The number of amides is 3. The summed E-state index contributed by atoms with van der Waals surface area (Å²) in [4.78, 5) is 42.2. The Morgan fingerprint density at radius 1 is 1.04 bits per heavy atom. The highest BCUT2D eigenvalue weighted by Gasteiger charge is 2.29. The van der Waals surface area contributed by atoms with Crippen molar-refractivity contribution in [2.45, 2.75) is 33.6 Å². The molecule has 3 amide bonds. The number of likely N-dealkylation sites (N-methyl/N-ethyl adjacent to an activating group) is 1. The monoisotopic (exact) mass is 357 g/mol. The molecule has 0 radical (unpaired) electrons. The molecule has 0 N–H and O–H groups in total. The zero-order valence-corrected chi connectivity index (χ0v) is 16.0. The van der Waals surface area contributed by atoms with Crippen LogP contribution in [-0.2, 0) is 16.0 Å². The van der Waals surface area contributed by atoms with E-state index in [1.165, 1.54) is 0 Å². The molecular weight excluding hydrogens is 330 g/mol. The Balaban J connectivity index is 1.62. The second kappa shape index (κ2) is 6.74. The van der Waals surface area contributed by atoms with E-state index in [1.54, 1.807) is 22.9 Å². The fourth-order valence-electron chi connectivity index (χ4n) is 3.51. The number of carbonyl (C=O) groups excluding carboxylic acids is 3. The number of carbonyl (C=O) groups is 3. The summed E-state index contributed by atoms with van der Waals surface area (Å²) in [5.41, 5.74) is 2.37. The van der Waals surface area contributed by atoms with Gasteiger partial charge in [0.25, 0.3) is 5.91 Å². The molecular formula is C20H27N3O3. The van der Waals surface area contributed by atoms with Gasteiger partial charge in [-0.15, -0.1) is 0 Å². The molecule has 6 nitrogen and oxygen atoms in total. The summed E-state index contributed by atoms with van der Waals surface area (Å²) in [5, 5.41) is 0. The van der Waals surface area contributed by atoms with Crippen LogP contribution in [0.1, 0.15) is 43.1 Å². The quantitative estimate of drug-likeness (QED) is 0.812. The Hall–Kier alpha value is -2.37. The van der Waals surface area contributed by atoms with Gasteiger partial charge in [0.15, 0.2) is 0 Å². The van der Waals surface area contributed by atoms with E-state index in [0.717, 1.165) is 11.3 Å². The minimum Gasteiger partial charge on any atom is -0.339 e. The molecule has 2 heterocycles. The van der Waals surface area contributed by atoms with Gasteiger partial charge in [-0.2, -0.15) is 0 Å². The Morgan fingerprint density at radius 3 is 2.27 bits per heavy atom. The lowest BCUT2D eigenvalue weighted by Gasteiger charge is -2.36. The van der Waals surface area contributed by atoms with Gasteiger partial charge in [0.2, 0.25) is 11.8 Å². The highest BCUT2D eigenvalue weighted by Crippen LogP contribution is 2.29. The van der Waals surface area contributed by atoms with Crippen LogP contribution in [0.3, 0.4) is 0 Å². The molecule has 6 heteroatoms. The van der Waals surface area contributed by atoms with E-state index < -0.39 is 0 Å². The number of anilines is 1. The highest BCUT2D eigenvalue weighted by molar-refractivity contribution is 6.03. The molecule has 3 rings (SSSR count). The summed E-state index contributed by atoms with van der Waals surface area (Å²) in [5.74, 6) is 0.178. The Bertz CT molecular complexity index is 743. The Morgan fingerprint density at radius 2 is 1.65 bits per heavy atom. The first kappa shape index (κ1) is 18.4. The van der Waals surface area contributed by atoms with E-state index >= 15 is 0 Å². The van der Waals surface area contributed by atoms with Crippen molar-refractivity contribution in [3.8, 4) is 0 Å². The van der Waals surface area contributed by atoms with Gasteiger partial charge in [-0.25, -0.2) is 0 Å². The second-order valence-corrected chi connectivity index (χ2v) is 8.38. The Labute approximate surface area is 154 Å². The van der Waals surface area contributed by atoms with Crippen molar-refractivity contribution in [1.82, 2.24) is 9.80 Å². The van der Waals surface area contributed by atoms with Crippen molar-refractivity contribution >= 4 is 23.4 Å². The van der Waals surface area contributed by atoms with Crippen molar-refractivity contribution in [2.24, 2.45) is 5.41 Å². The minimum atomic E-state index is -0.0299. The number of nitrogens with zero attached hydrogens (tertiary/aromatic N) is 3. The first-order valence-electron chi connectivity index (χ1n) is 9.12. The second-order valence-electron chi connectivity index (χ2n) is 8.38. The van der Waals surface area contributed by atoms with E-state index in [1.807, 2.05) is 17.0 Å². The van der Waals surface area contributed by atoms with Gasteiger partial charge in [-0.3, -0.25) is 14.4 Å². The van der Waals surface area contributed by atoms with Crippen LogP contribution in [0.5, 0.6) is 0 Å². The lowest BCUT2D eigenvalue weighted by atomic mass is 9.91. The molecule has 1 aromatic carbocycles. The van der Waals surface area contributed by atoms with E-state index in [9.17, 15) is 14.4 Å². The lowest BCUT2D eigenvalue weighted by Crippen LogP contribution is -2.51. The van der Waals surface area contributed by atoms with Crippen molar-refractivity contribution in [1.29, 1.82) is 0 Å². The average Bonchev–Trinajstić information content (AvgIpc) is 2.86. The van der Waals surface area contributed by atoms with E-state index in [2.05, 4.69) is 20.8 Å². The summed E-state index contributed by atoms with van der Waals surface area (Å²) in [6, 6.07) is 5.46. The third kappa shape index (κ3) is 3.74. The Kier molecular flexibility index (Phi) is 4.78. The van der Waals surface area contributed by atoms with Gasteiger partial charge in [0, 0.05) is 50.9 Å². The average molecular weight is 357 g/mol. The molecule has 0 atom stereocenters. The van der Waals surface area contributed by atoms with Gasteiger partial charge in [0.1, 0.15) is 0 Å². The molecule has 2 aliphatic rings. The maximum absolute atomic E-state index is 12.8. The molecule has 1 fully saturated rings. The maximum atomic E-state index is 12.8. The summed E-state index contributed by atoms with van der Waals surface area (Å²) >= 11 is 0. The van der Waals surface area contributed by atoms with E-state index in [4.69, 9.17) is 0 Å². The lowest BCUT2D eigenvalue weighted by molar-refractivity contribution is -0.134. The molecule has 1 aromatic rings. The SMILES string of the molecule is CN1C(=O)Cc2cc(C(=O)N3CCN(C(=O)CC(C)(C)C)CC3)ccc21. The third-order valence-corrected chi connectivity index (χ3v) is 5.00. The topological polar surface area (TPSA) is 60.9 Å². The third-order valence-electron chi connectivity index (χ3n) is 5.00. The smallest absolute Gasteiger partial charge is 0.253 e. The van der Waals surface area contributed by atoms with Gasteiger partial charge < -0.3 is 14.7 Å². The molecule has 26 heavy (non-hydrogen) atoms. The number of fused-ring (bicyclic) bond motifs is 1. The van der Waals surface area contributed by atoms with Crippen LogP contribution in [0.25, 0.3) is 0 Å². The molecule has 0 aromatic heterocycles. The van der Waals surface area contributed by atoms with Crippen molar-refractivity contribution < 1.29 is 14.4 Å². The number of rotatable bonds is 2. The first-order chi connectivity index (χ1) is 12.2. The standard InChI is InChI=1S/C20H27N3O3/c1-20(2,3)13-18(25)22-7-9-23(10-8-22)19(26)14-5-6-16-15(11-14)12-17(24)21(16)4/h5-6,11H,7-10,12-13H2,1-4H3. The molecule has 0 spiro atoms. The predicted octanol–water partition coefficient (Wildman–Crippen LogP) is 1.93. The van der Waals surface area contributed by atoms with Gasteiger partial charge in [-0.05, 0) is 29.2 Å². The number of piperazine rings is 1. The minimum absolute atomic E-state index is 0.0287. The molecule has 0 unspecified atom stereocenters. The maximum Gasteiger partial charge on any atom is 0.253 e. The summed E-state index contributed by atoms with van der Waals surface area (Å²) in [6.07, 6.45) is 0.870. The van der Waals surface area contributed by atoms with E-state index in [0.29, 0.717) is 44.6 Å². The van der Waals surface area contributed by atoms with Crippen molar-refractivity contribution in [2.75, 3.05) is 38.1 Å². The van der Waals surface area contributed by atoms with Gasteiger partial charge in [-0.1, -0.05) is 20.8 Å². The highest BCUT2D eigenvalue weighted by atomic mass is 16.2. The van der Waals surface area contributed by atoms with Crippen LogP contribution in [0.15, 0.2) is 18.2 Å². The van der Waals surface area contributed by atoms with Crippen molar-refractivity contribution in [3.63, 3.8) is 0 Å². The van der Waals surface area contributed by atoms with Crippen LogP contribution in [0.2, 0.25) is 0 Å². The van der Waals surface area contributed by atoms with Crippen LogP contribution < -0.4 is 4.90 Å².